The monoisotopic (exact) mass is 154 g/mol. The highest BCUT2D eigenvalue weighted by atomic mass is 16.6. The lowest BCUT2D eigenvalue weighted by atomic mass is 9.77. The molecule has 1 nitrogen and oxygen atoms in total. The maximum absolute atomic E-state index is 5.95. The Hall–Kier alpha value is -0.0400. The van der Waals surface area contributed by atoms with Gasteiger partial charge in [0.1, 0.15) is 0 Å². The average molecular weight is 154 g/mol. The number of hydrogen-bond acceptors (Lipinski definition) is 1. The number of rotatable bonds is 2. The van der Waals surface area contributed by atoms with Crippen LogP contribution in [0.3, 0.4) is 0 Å². The molecule has 1 heteroatoms. The zero-order valence-corrected chi connectivity index (χ0v) is 7.65. The van der Waals surface area contributed by atoms with Gasteiger partial charge in [0.2, 0.25) is 0 Å². The minimum absolute atomic E-state index is 0.333. The van der Waals surface area contributed by atoms with E-state index in [1.165, 1.54) is 38.5 Å². The molecule has 0 aromatic carbocycles. The molecule has 2 unspecified atom stereocenters. The molecule has 2 atom stereocenters. The predicted octanol–water partition coefficient (Wildman–Crippen LogP) is 2.89. The van der Waals surface area contributed by atoms with E-state index < -0.39 is 0 Å². The van der Waals surface area contributed by atoms with Crippen molar-refractivity contribution < 1.29 is 4.74 Å². The van der Waals surface area contributed by atoms with Crippen LogP contribution in [0, 0.1) is 0 Å². The molecule has 0 N–H and O–H groups in total. The van der Waals surface area contributed by atoms with Crippen LogP contribution in [0.2, 0.25) is 0 Å². The van der Waals surface area contributed by atoms with Gasteiger partial charge in [-0.25, -0.2) is 0 Å². The number of hydrogen-bond donors (Lipinski definition) is 0. The Labute approximate surface area is 69.1 Å². The molecule has 1 aliphatic carbocycles. The molecule has 0 aromatic heterocycles. The maximum atomic E-state index is 5.95. The van der Waals surface area contributed by atoms with Gasteiger partial charge in [-0.1, -0.05) is 26.7 Å². The summed E-state index contributed by atoms with van der Waals surface area (Å²) < 4.78 is 5.95. The second-order valence-electron chi connectivity index (χ2n) is 4.00. The van der Waals surface area contributed by atoms with Gasteiger partial charge < -0.3 is 4.74 Å². The predicted molar refractivity (Wildman–Crippen MR) is 45.6 cm³/mol. The standard InChI is InChI=1S/C10H18O/c1-3-9-7-5-6-8-10(9,4-2)11-9/h3-8H2,1-2H3. The van der Waals surface area contributed by atoms with Crippen molar-refractivity contribution in [3.05, 3.63) is 0 Å². The SMILES string of the molecule is CCC12CCCCC1(CC)O2. The first kappa shape index (κ1) is 7.60. The first-order valence-corrected chi connectivity index (χ1v) is 4.99. The van der Waals surface area contributed by atoms with E-state index in [0.29, 0.717) is 11.2 Å². The van der Waals surface area contributed by atoms with E-state index in [-0.39, 0.29) is 0 Å². The third-order valence-corrected chi connectivity index (χ3v) is 3.73. The smallest absolute Gasteiger partial charge is 0.0977 e. The lowest BCUT2D eigenvalue weighted by molar-refractivity contribution is 0.255. The molecular formula is C10H18O. The Balaban J connectivity index is 2.13. The number of epoxide rings is 1. The van der Waals surface area contributed by atoms with Gasteiger partial charge >= 0.3 is 0 Å². The first-order valence-electron chi connectivity index (χ1n) is 4.99. The zero-order chi connectivity index (χ0) is 7.95. The number of ether oxygens (including phenoxy) is 1. The molecule has 1 aliphatic heterocycles. The second-order valence-corrected chi connectivity index (χ2v) is 4.00. The molecule has 0 radical (unpaired) electrons. The van der Waals surface area contributed by atoms with Crippen molar-refractivity contribution in [2.45, 2.75) is 63.6 Å². The molecule has 1 saturated heterocycles. The summed E-state index contributed by atoms with van der Waals surface area (Å²) in [5.74, 6) is 0. The summed E-state index contributed by atoms with van der Waals surface area (Å²) in [6.07, 6.45) is 7.85. The minimum Gasteiger partial charge on any atom is -0.363 e. The van der Waals surface area contributed by atoms with Crippen molar-refractivity contribution in [1.82, 2.24) is 0 Å². The van der Waals surface area contributed by atoms with Gasteiger partial charge in [0.25, 0.3) is 0 Å². The molecule has 2 rings (SSSR count). The van der Waals surface area contributed by atoms with Crippen molar-refractivity contribution in [3.63, 3.8) is 0 Å². The largest absolute Gasteiger partial charge is 0.363 e. The quantitative estimate of drug-likeness (QED) is 0.557. The highest BCUT2D eigenvalue weighted by Crippen LogP contribution is 2.60. The van der Waals surface area contributed by atoms with E-state index in [1.54, 1.807) is 0 Å². The summed E-state index contributed by atoms with van der Waals surface area (Å²) in [4.78, 5) is 0. The third kappa shape index (κ3) is 0.807. The van der Waals surface area contributed by atoms with Crippen LogP contribution in [0.15, 0.2) is 0 Å². The van der Waals surface area contributed by atoms with Gasteiger partial charge in [0, 0.05) is 0 Å². The molecule has 0 amide bonds. The van der Waals surface area contributed by atoms with Crippen LogP contribution in [0.25, 0.3) is 0 Å². The van der Waals surface area contributed by atoms with Crippen molar-refractivity contribution >= 4 is 0 Å². The van der Waals surface area contributed by atoms with Crippen molar-refractivity contribution in [3.8, 4) is 0 Å². The maximum Gasteiger partial charge on any atom is 0.0977 e. The van der Waals surface area contributed by atoms with E-state index in [0.717, 1.165) is 0 Å². The van der Waals surface area contributed by atoms with Crippen molar-refractivity contribution in [2.24, 2.45) is 0 Å². The number of fused-ring (bicyclic) bond motifs is 1. The Morgan fingerprint density at radius 3 is 1.82 bits per heavy atom. The van der Waals surface area contributed by atoms with E-state index in [1.807, 2.05) is 0 Å². The Kier molecular flexibility index (Phi) is 1.54. The zero-order valence-electron chi connectivity index (χ0n) is 7.65. The highest BCUT2D eigenvalue weighted by Gasteiger charge is 2.67. The second kappa shape index (κ2) is 2.22. The van der Waals surface area contributed by atoms with E-state index in [9.17, 15) is 0 Å². The van der Waals surface area contributed by atoms with Gasteiger partial charge in [-0.15, -0.1) is 0 Å². The molecule has 2 fully saturated rings. The molecule has 0 spiro atoms. The highest BCUT2D eigenvalue weighted by molar-refractivity contribution is 5.16. The van der Waals surface area contributed by atoms with Crippen LogP contribution >= 0.6 is 0 Å². The fraction of sp³-hybridized carbons (Fsp3) is 1.00. The first-order chi connectivity index (χ1) is 5.29. The van der Waals surface area contributed by atoms with Gasteiger partial charge in [-0.2, -0.15) is 0 Å². The van der Waals surface area contributed by atoms with Crippen LogP contribution < -0.4 is 0 Å². The summed E-state index contributed by atoms with van der Waals surface area (Å²) in [7, 11) is 0. The molecule has 1 heterocycles. The van der Waals surface area contributed by atoms with Crippen LogP contribution in [-0.2, 0) is 4.74 Å². The molecule has 2 aliphatic rings. The van der Waals surface area contributed by atoms with Gasteiger partial charge in [-0.3, -0.25) is 0 Å². The molecule has 0 bridgehead atoms. The van der Waals surface area contributed by atoms with Gasteiger partial charge in [0.15, 0.2) is 0 Å². The third-order valence-electron chi connectivity index (χ3n) is 3.73. The average Bonchev–Trinajstić information content (AvgIpc) is 2.75. The van der Waals surface area contributed by atoms with Gasteiger partial charge in [0.05, 0.1) is 11.2 Å². The topological polar surface area (TPSA) is 12.5 Å². The van der Waals surface area contributed by atoms with Crippen LogP contribution in [0.4, 0.5) is 0 Å². The van der Waals surface area contributed by atoms with Crippen LogP contribution in [0.1, 0.15) is 52.4 Å². The van der Waals surface area contributed by atoms with Gasteiger partial charge in [-0.05, 0) is 25.7 Å². The molecule has 0 aromatic rings. The molecule has 64 valence electrons. The summed E-state index contributed by atoms with van der Waals surface area (Å²) in [5, 5.41) is 0. The lowest BCUT2D eigenvalue weighted by Gasteiger charge is -2.22. The lowest BCUT2D eigenvalue weighted by Crippen LogP contribution is -2.28. The fourth-order valence-corrected chi connectivity index (χ4v) is 2.87. The fourth-order valence-electron chi connectivity index (χ4n) is 2.87. The molecule has 1 saturated carbocycles. The van der Waals surface area contributed by atoms with Crippen molar-refractivity contribution in [2.75, 3.05) is 0 Å². The molecule has 11 heavy (non-hydrogen) atoms. The summed E-state index contributed by atoms with van der Waals surface area (Å²) >= 11 is 0. The van der Waals surface area contributed by atoms with Crippen molar-refractivity contribution in [1.29, 1.82) is 0 Å². The normalized spacial score (nSPS) is 48.5. The Morgan fingerprint density at radius 2 is 1.45 bits per heavy atom. The minimum atomic E-state index is 0.333. The summed E-state index contributed by atoms with van der Waals surface area (Å²) in [5.41, 5.74) is 0.667. The Morgan fingerprint density at radius 1 is 1.00 bits per heavy atom. The molecular weight excluding hydrogens is 136 g/mol. The van der Waals surface area contributed by atoms with E-state index in [2.05, 4.69) is 13.8 Å². The Bertz CT molecular complexity index is 148. The van der Waals surface area contributed by atoms with E-state index in [4.69, 9.17) is 4.74 Å². The van der Waals surface area contributed by atoms with Crippen LogP contribution in [-0.4, -0.2) is 11.2 Å². The summed E-state index contributed by atoms with van der Waals surface area (Å²) in [6, 6.07) is 0. The van der Waals surface area contributed by atoms with E-state index >= 15 is 0 Å². The summed E-state index contributed by atoms with van der Waals surface area (Å²) in [6.45, 7) is 4.53. The van der Waals surface area contributed by atoms with Crippen LogP contribution in [0.5, 0.6) is 0 Å².